The number of amides is 2. The second-order valence-electron chi connectivity index (χ2n) is 6.15. The smallest absolute Gasteiger partial charge is 0.326 e. The molecule has 0 aromatic carbocycles. The third-order valence-electron chi connectivity index (χ3n) is 4.62. The van der Waals surface area contributed by atoms with E-state index in [4.69, 9.17) is 4.74 Å². The van der Waals surface area contributed by atoms with Gasteiger partial charge < -0.3 is 20.1 Å². The molecule has 2 fully saturated rings. The van der Waals surface area contributed by atoms with Crippen molar-refractivity contribution in [3.05, 3.63) is 0 Å². The number of hydrogen-bond acceptors (Lipinski definition) is 4. The maximum Gasteiger partial charge on any atom is 0.326 e. The lowest BCUT2D eigenvalue weighted by molar-refractivity contribution is -0.149. The Morgan fingerprint density at radius 3 is 2.45 bits per heavy atom. The first kappa shape index (κ1) is 16.7. The Hall–Kier alpha value is -1.63. The Morgan fingerprint density at radius 2 is 1.91 bits per heavy atom. The number of carbonyl (C=O) groups is 3. The molecule has 1 aliphatic heterocycles. The van der Waals surface area contributed by atoms with Crippen molar-refractivity contribution in [1.82, 2.24) is 10.2 Å². The molecule has 1 saturated heterocycles. The van der Waals surface area contributed by atoms with E-state index >= 15 is 0 Å². The first-order valence-electron chi connectivity index (χ1n) is 7.80. The van der Waals surface area contributed by atoms with Gasteiger partial charge >= 0.3 is 5.97 Å². The summed E-state index contributed by atoms with van der Waals surface area (Å²) in [6.07, 6.45) is 3.82. The Balaban J connectivity index is 1.96. The number of hydrogen-bond donors (Lipinski definition) is 2. The van der Waals surface area contributed by atoms with Crippen LogP contribution in [0, 0.1) is 5.92 Å². The lowest BCUT2D eigenvalue weighted by atomic mass is 10.1. The third-order valence-corrected chi connectivity index (χ3v) is 4.62. The number of nitrogens with zero attached hydrogens (tertiary/aromatic N) is 1. The number of methoxy groups -OCH3 is 1. The fourth-order valence-electron chi connectivity index (χ4n) is 3.28. The molecule has 3 unspecified atom stereocenters. The molecule has 2 aliphatic rings. The standard InChI is InChI=1S/C15H24N2O5/c1-9(16-13(18)10-5-3-4-6-10)14(19)17-8-11(22-2)7-12(17)15(20)21/h9-12H,3-8H2,1-2H3,(H,16,18)(H,20,21). The fraction of sp³-hybridized carbons (Fsp3) is 0.800. The summed E-state index contributed by atoms with van der Waals surface area (Å²) >= 11 is 0. The zero-order valence-corrected chi connectivity index (χ0v) is 13.1. The van der Waals surface area contributed by atoms with E-state index in [0.29, 0.717) is 0 Å². The first-order chi connectivity index (χ1) is 10.4. The molecule has 1 aliphatic carbocycles. The van der Waals surface area contributed by atoms with Crippen molar-refractivity contribution >= 4 is 17.8 Å². The van der Waals surface area contributed by atoms with Crippen LogP contribution >= 0.6 is 0 Å². The zero-order valence-electron chi connectivity index (χ0n) is 13.1. The minimum atomic E-state index is -1.04. The lowest BCUT2D eigenvalue weighted by Crippen LogP contribution is -2.51. The summed E-state index contributed by atoms with van der Waals surface area (Å²) in [5.41, 5.74) is 0. The molecular weight excluding hydrogens is 288 g/mol. The van der Waals surface area contributed by atoms with E-state index < -0.39 is 18.1 Å². The zero-order chi connectivity index (χ0) is 16.3. The lowest BCUT2D eigenvalue weighted by Gasteiger charge is -2.26. The van der Waals surface area contributed by atoms with Crippen molar-refractivity contribution < 1.29 is 24.2 Å². The molecule has 7 heteroatoms. The van der Waals surface area contributed by atoms with Crippen LogP contribution in [0.4, 0.5) is 0 Å². The number of carbonyl (C=O) groups excluding carboxylic acids is 2. The van der Waals surface area contributed by atoms with Gasteiger partial charge in [-0.05, 0) is 19.8 Å². The maximum atomic E-state index is 12.5. The summed E-state index contributed by atoms with van der Waals surface area (Å²) in [4.78, 5) is 37.1. The predicted molar refractivity (Wildman–Crippen MR) is 78.1 cm³/mol. The van der Waals surface area contributed by atoms with Crippen molar-refractivity contribution in [2.45, 2.75) is 57.2 Å². The molecule has 0 bridgehead atoms. The molecular formula is C15H24N2O5. The van der Waals surface area contributed by atoms with Gasteiger partial charge in [0.05, 0.1) is 6.10 Å². The van der Waals surface area contributed by atoms with Crippen molar-refractivity contribution in [3.8, 4) is 0 Å². The topological polar surface area (TPSA) is 95.9 Å². The largest absolute Gasteiger partial charge is 0.480 e. The van der Waals surface area contributed by atoms with Gasteiger partial charge in [-0.3, -0.25) is 9.59 Å². The van der Waals surface area contributed by atoms with Gasteiger partial charge in [0.2, 0.25) is 11.8 Å². The van der Waals surface area contributed by atoms with Crippen LogP contribution in [0.5, 0.6) is 0 Å². The second-order valence-corrected chi connectivity index (χ2v) is 6.15. The summed E-state index contributed by atoms with van der Waals surface area (Å²) in [5.74, 6) is -1.52. The molecule has 0 aromatic rings. The van der Waals surface area contributed by atoms with Gasteiger partial charge in [-0.1, -0.05) is 12.8 Å². The third kappa shape index (κ3) is 3.58. The van der Waals surface area contributed by atoms with Crippen molar-refractivity contribution in [2.24, 2.45) is 5.92 Å². The molecule has 124 valence electrons. The minimum absolute atomic E-state index is 0.0178. The quantitative estimate of drug-likeness (QED) is 0.765. The molecule has 7 nitrogen and oxygen atoms in total. The Labute approximate surface area is 130 Å². The van der Waals surface area contributed by atoms with Gasteiger partial charge in [-0.2, -0.15) is 0 Å². The number of nitrogens with one attached hydrogen (secondary N) is 1. The van der Waals surface area contributed by atoms with Crippen molar-refractivity contribution in [2.75, 3.05) is 13.7 Å². The van der Waals surface area contributed by atoms with Crippen molar-refractivity contribution in [1.29, 1.82) is 0 Å². The summed E-state index contributed by atoms with van der Waals surface area (Å²) in [6.45, 7) is 1.85. The van der Waals surface area contributed by atoms with Gasteiger partial charge in [0, 0.05) is 26.0 Å². The number of ether oxygens (including phenoxy) is 1. The van der Waals surface area contributed by atoms with E-state index in [9.17, 15) is 19.5 Å². The summed E-state index contributed by atoms with van der Waals surface area (Å²) in [7, 11) is 1.50. The number of carboxylic acids is 1. The van der Waals surface area contributed by atoms with E-state index in [2.05, 4.69) is 5.32 Å². The first-order valence-corrected chi connectivity index (χ1v) is 7.80. The van der Waals surface area contributed by atoms with Gasteiger partial charge in [0.25, 0.3) is 0 Å². The van der Waals surface area contributed by atoms with Gasteiger partial charge in [0.15, 0.2) is 0 Å². The highest BCUT2D eigenvalue weighted by molar-refractivity contribution is 5.91. The normalized spacial score (nSPS) is 26.9. The minimum Gasteiger partial charge on any atom is -0.480 e. The fourth-order valence-corrected chi connectivity index (χ4v) is 3.28. The molecule has 2 amide bonds. The number of rotatable bonds is 5. The Bertz CT molecular complexity index is 447. The van der Waals surface area contributed by atoms with Crippen LogP contribution in [0.3, 0.4) is 0 Å². The van der Waals surface area contributed by atoms with Crippen LogP contribution in [0.25, 0.3) is 0 Å². The van der Waals surface area contributed by atoms with Crippen LogP contribution in [-0.4, -0.2) is 59.6 Å². The Kier molecular flexibility index (Phi) is 5.39. The van der Waals surface area contributed by atoms with Crippen LogP contribution in [0.1, 0.15) is 39.0 Å². The number of carboxylic acid groups (broad SMARTS) is 1. The van der Waals surface area contributed by atoms with Crippen molar-refractivity contribution in [3.63, 3.8) is 0 Å². The van der Waals surface area contributed by atoms with E-state index in [1.165, 1.54) is 12.0 Å². The molecule has 3 atom stereocenters. The molecule has 2 rings (SSSR count). The van der Waals surface area contributed by atoms with Crippen LogP contribution in [-0.2, 0) is 19.1 Å². The molecule has 0 aromatic heterocycles. The molecule has 0 spiro atoms. The van der Waals surface area contributed by atoms with E-state index in [1.54, 1.807) is 6.92 Å². The molecule has 22 heavy (non-hydrogen) atoms. The highest BCUT2D eigenvalue weighted by Gasteiger charge is 2.41. The SMILES string of the molecule is COC1CC(C(=O)O)N(C(=O)C(C)NC(=O)C2CCCC2)C1. The predicted octanol–water partition coefficient (Wildman–Crippen LogP) is 0.382. The average Bonchev–Trinajstić information content (AvgIpc) is 3.15. The van der Waals surface area contributed by atoms with E-state index in [0.717, 1.165) is 25.7 Å². The van der Waals surface area contributed by atoms with E-state index in [1.807, 2.05) is 0 Å². The molecule has 1 heterocycles. The summed E-state index contributed by atoms with van der Waals surface area (Å²) in [6, 6.07) is -1.60. The highest BCUT2D eigenvalue weighted by Crippen LogP contribution is 2.25. The highest BCUT2D eigenvalue weighted by atomic mass is 16.5. The van der Waals surface area contributed by atoms with Crippen LogP contribution in [0.15, 0.2) is 0 Å². The van der Waals surface area contributed by atoms with E-state index in [-0.39, 0.29) is 36.8 Å². The second kappa shape index (κ2) is 7.09. The average molecular weight is 312 g/mol. The summed E-state index contributed by atoms with van der Waals surface area (Å²) < 4.78 is 5.17. The van der Waals surface area contributed by atoms with Crippen LogP contribution in [0.2, 0.25) is 0 Å². The molecule has 0 radical (unpaired) electrons. The Morgan fingerprint density at radius 1 is 1.27 bits per heavy atom. The number of aliphatic carboxylic acids is 1. The number of likely N-dealkylation sites (tertiary alicyclic amines) is 1. The van der Waals surface area contributed by atoms with Gasteiger partial charge in [-0.15, -0.1) is 0 Å². The monoisotopic (exact) mass is 312 g/mol. The van der Waals surface area contributed by atoms with Gasteiger partial charge in [-0.25, -0.2) is 4.79 Å². The summed E-state index contributed by atoms with van der Waals surface area (Å²) in [5, 5.41) is 12.0. The maximum absolute atomic E-state index is 12.5. The van der Waals surface area contributed by atoms with Crippen LogP contribution < -0.4 is 5.32 Å². The molecule has 1 saturated carbocycles. The van der Waals surface area contributed by atoms with Gasteiger partial charge in [0.1, 0.15) is 12.1 Å². The molecule has 2 N–H and O–H groups in total.